The van der Waals surface area contributed by atoms with E-state index in [2.05, 4.69) is 107 Å². The van der Waals surface area contributed by atoms with E-state index in [-0.39, 0.29) is 43.8 Å². The van der Waals surface area contributed by atoms with Gasteiger partial charge in [-0.3, -0.25) is 4.79 Å². The number of carbonyl (C=O) groups excluding carboxylic acids is 1. The molecule has 2 aliphatic carbocycles. The fraction of sp³-hybridized carbons (Fsp3) is 0.545. The summed E-state index contributed by atoms with van der Waals surface area (Å²) in [5, 5.41) is 30.6. The molecule has 2 aliphatic rings. The molecule has 9 nitrogen and oxygen atoms in total. The van der Waals surface area contributed by atoms with E-state index in [1.54, 1.807) is 0 Å². The highest BCUT2D eigenvalue weighted by Gasteiger charge is 2.36. The lowest BCUT2D eigenvalue weighted by Gasteiger charge is -2.34. The van der Waals surface area contributed by atoms with Gasteiger partial charge in [0.25, 0.3) is 0 Å². The molecule has 374 valence electrons. The second kappa shape index (κ2) is 57.2. The number of aliphatic hydroxyl groups is 4. The molecule has 0 fully saturated rings. The average Bonchev–Trinajstić information content (AvgIpc) is 3.64. The van der Waals surface area contributed by atoms with Gasteiger partial charge in [0, 0.05) is 50.4 Å². The molecule has 0 bridgehead atoms. The SMILES string of the molecule is CC.CC.CC.CC.CC.CC.CC.CC.CC1(C)c2ccccc2-c2ccccc21.CC1(C)c2ccccc2C(=O)c2ccccc21.COCO.COCO.COCO.COCO. The van der Waals surface area contributed by atoms with Gasteiger partial charge in [-0.05, 0) is 33.4 Å². The van der Waals surface area contributed by atoms with Crippen LogP contribution in [0, 0.1) is 0 Å². The van der Waals surface area contributed by atoms with E-state index in [1.807, 2.05) is 147 Å². The average molecular weight is 905 g/mol. The Labute approximate surface area is 395 Å². The first-order valence-electron chi connectivity index (χ1n) is 23.3. The molecule has 9 heteroatoms. The number of fused-ring (bicyclic) bond motifs is 5. The van der Waals surface area contributed by atoms with Crippen molar-refractivity contribution in [3.05, 3.63) is 130 Å². The number of hydrogen-bond donors (Lipinski definition) is 4. The van der Waals surface area contributed by atoms with E-state index in [1.165, 1.54) is 50.7 Å². The zero-order valence-electron chi connectivity index (χ0n) is 45.4. The third-order valence-corrected chi connectivity index (χ3v) is 7.70. The Hall–Kier alpha value is -3.77. The smallest absolute Gasteiger partial charge is 0.193 e. The maximum Gasteiger partial charge on any atom is 0.193 e. The van der Waals surface area contributed by atoms with Crippen LogP contribution in [0.3, 0.4) is 0 Å². The van der Waals surface area contributed by atoms with Crippen molar-refractivity contribution < 1.29 is 44.2 Å². The number of benzene rings is 4. The molecule has 4 aromatic carbocycles. The number of ketones is 1. The Balaban J connectivity index is -0.000000101. The summed E-state index contributed by atoms with van der Waals surface area (Å²) in [5.41, 5.74) is 9.71. The van der Waals surface area contributed by atoms with Crippen molar-refractivity contribution in [3.8, 4) is 11.1 Å². The highest BCUT2D eigenvalue weighted by molar-refractivity contribution is 6.13. The summed E-state index contributed by atoms with van der Waals surface area (Å²) in [4.78, 5) is 12.4. The molecular formula is C55H100O9. The predicted octanol–water partition coefficient (Wildman–Crippen LogP) is 14.1. The first-order chi connectivity index (χ1) is 31.0. The molecule has 0 spiro atoms. The zero-order valence-corrected chi connectivity index (χ0v) is 45.4. The number of hydrogen-bond acceptors (Lipinski definition) is 9. The van der Waals surface area contributed by atoms with Crippen LogP contribution in [0.1, 0.15) is 177 Å². The number of aliphatic hydroxyl groups excluding tert-OH is 4. The van der Waals surface area contributed by atoms with Crippen molar-refractivity contribution in [1.29, 1.82) is 0 Å². The Morgan fingerprint density at radius 3 is 0.641 bits per heavy atom. The highest BCUT2D eigenvalue weighted by atomic mass is 16.6. The van der Waals surface area contributed by atoms with Crippen LogP contribution >= 0.6 is 0 Å². The van der Waals surface area contributed by atoms with E-state index in [0.717, 1.165) is 22.3 Å². The van der Waals surface area contributed by atoms with Crippen LogP contribution in [0.5, 0.6) is 0 Å². The third kappa shape index (κ3) is 29.6. The van der Waals surface area contributed by atoms with Crippen LogP contribution in [0.4, 0.5) is 0 Å². The molecule has 0 aromatic heterocycles. The molecule has 64 heavy (non-hydrogen) atoms. The molecule has 0 aliphatic heterocycles. The molecule has 0 atom stereocenters. The standard InChI is InChI=1S/C16H14O.C15H14.4C2H6O2.8C2H6/c1-16(2)13-9-5-3-7-11(13)15(17)12-8-4-6-10-14(12)16;1-15(2)13-9-5-3-7-11(13)12-8-4-6-10-14(12)15;4*1-4-2-3;8*1-2/h3-10H,1-2H3;3-10H,1-2H3;4*3H,2H2,1H3;8*1-2H3. The molecule has 0 saturated carbocycles. The lowest BCUT2D eigenvalue weighted by atomic mass is 9.68. The Morgan fingerprint density at radius 1 is 0.328 bits per heavy atom. The van der Waals surface area contributed by atoms with Crippen molar-refractivity contribution in [3.63, 3.8) is 0 Å². The largest absolute Gasteiger partial charge is 0.371 e. The number of carbonyl (C=O) groups is 1. The van der Waals surface area contributed by atoms with E-state index in [0.29, 0.717) is 0 Å². The van der Waals surface area contributed by atoms with Gasteiger partial charge in [-0.25, -0.2) is 0 Å². The summed E-state index contributed by atoms with van der Waals surface area (Å²) in [6.07, 6.45) is 0. The molecule has 0 heterocycles. The van der Waals surface area contributed by atoms with Gasteiger partial charge in [-0.2, -0.15) is 0 Å². The van der Waals surface area contributed by atoms with Crippen LogP contribution in [0.2, 0.25) is 0 Å². The quantitative estimate of drug-likeness (QED) is 0.148. The minimum Gasteiger partial charge on any atom is -0.371 e. The molecule has 0 radical (unpaired) electrons. The third-order valence-electron chi connectivity index (χ3n) is 7.70. The van der Waals surface area contributed by atoms with Crippen LogP contribution in [-0.2, 0) is 29.8 Å². The zero-order chi connectivity index (χ0) is 52.2. The minimum atomic E-state index is -0.181. The van der Waals surface area contributed by atoms with Crippen LogP contribution in [-0.4, -0.2) is 81.8 Å². The lowest BCUT2D eigenvalue weighted by Crippen LogP contribution is -2.30. The fourth-order valence-corrected chi connectivity index (χ4v) is 5.41. The second-order valence-corrected chi connectivity index (χ2v) is 11.4. The highest BCUT2D eigenvalue weighted by Crippen LogP contribution is 2.48. The Morgan fingerprint density at radius 2 is 0.469 bits per heavy atom. The summed E-state index contributed by atoms with van der Waals surface area (Å²) in [6.45, 7) is 40.2. The predicted molar refractivity (Wildman–Crippen MR) is 280 cm³/mol. The van der Waals surface area contributed by atoms with Gasteiger partial charge >= 0.3 is 0 Å². The van der Waals surface area contributed by atoms with E-state index in [4.69, 9.17) is 20.4 Å². The van der Waals surface area contributed by atoms with Gasteiger partial charge in [0.1, 0.15) is 27.2 Å². The van der Waals surface area contributed by atoms with E-state index >= 15 is 0 Å². The van der Waals surface area contributed by atoms with Gasteiger partial charge < -0.3 is 39.4 Å². The number of rotatable bonds is 4. The van der Waals surface area contributed by atoms with Crippen molar-refractivity contribution in [2.75, 3.05) is 55.6 Å². The Bertz CT molecular complexity index is 1380. The van der Waals surface area contributed by atoms with Crippen LogP contribution < -0.4 is 0 Å². The van der Waals surface area contributed by atoms with Crippen LogP contribution in [0.25, 0.3) is 11.1 Å². The molecule has 0 amide bonds. The van der Waals surface area contributed by atoms with E-state index in [9.17, 15) is 4.79 Å². The Kier molecular flexibility index (Phi) is 69.3. The number of ether oxygens (including phenoxy) is 4. The van der Waals surface area contributed by atoms with Gasteiger partial charge in [0.15, 0.2) is 5.78 Å². The fourth-order valence-electron chi connectivity index (χ4n) is 5.41. The molecular weight excluding hydrogens is 805 g/mol. The maximum atomic E-state index is 12.4. The monoisotopic (exact) mass is 905 g/mol. The van der Waals surface area contributed by atoms with Gasteiger partial charge in [0.05, 0.1) is 0 Å². The van der Waals surface area contributed by atoms with Gasteiger partial charge in [-0.15, -0.1) is 0 Å². The van der Waals surface area contributed by atoms with E-state index < -0.39 is 0 Å². The molecule has 0 unspecified atom stereocenters. The number of methoxy groups -OCH3 is 4. The van der Waals surface area contributed by atoms with Crippen LogP contribution in [0.15, 0.2) is 97.1 Å². The normalized spacial score (nSPS) is 10.7. The summed E-state index contributed by atoms with van der Waals surface area (Å²) >= 11 is 0. The summed E-state index contributed by atoms with van der Waals surface area (Å²) in [6, 6.07) is 33.3. The molecule has 6 rings (SSSR count). The lowest BCUT2D eigenvalue weighted by molar-refractivity contribution is 0.0322. The topological polar surface area (TPSA) is 135 Å². The van der Waals surface area contributed by atoms with Gasteiger partial charge in [0.2, 0.25) is 0 Å². The summed E-state index contributed by atoms with van der Waals surface area (Å²) in [5.74, 6) is 0.149. The minimum absolute atomic E-state index is 0.0961. The van der Waals surface area contributed by atoms with Crippen molar-refractivity contribution >= 4 is 5.78 Å². The van der Waals surface area contributed by atoms with Crippen molar-refractivity contribution in [2.24, 2.45) is 0 Å². The maximum absolute atomic E-state index is 12.4. The summed E-state index contributed by atoms with van der Waals surface area (Å²) in [7, 11) is 5.72. The van der Waals surface area contributed by atoms with Crippen molar-refractivity contribution in [2.45, 2.75) is 149 Å². The molecule has 4 N–H and O–H groups in total. The van der Waals surface area contributed by atoms with Crippen molar-refractivity contribution in [1.82, 2.24) is 0 Å². The van der Waals surface area contributed by atoms with Gasteiger partial charge in [-0.1, -0.05) is 236 Å². The first-order valence-corrected chi connectivity index (χ1v) is 23.3. The molecule has 0 saturated heterocycles. The second-order valence-electron chi connectivity index (χ2n) is 11.4. The first kappa shape index (κ1) is 77.5. The summed E-state index contributed by atoms with van der Waals surface area (Å²) < 4.78 is 16.4. The molecule has 4 aromatic rings.